The highest BCUT2D eigenvalue weighted by Crippen LogP contribution is 2.44. The van der Waals surface area contributed by atoms with Gasteiger partial charge in [0.2, 0.25) is 0 Å². The van der Waals surface area contributed by atoms with Crippen LogP contribution in [0.4, 0.5) is 19.0 Å². The van der Waals surface area contributed by atoms with Crippen molar-refractivity contribution < 1.29 is 18.0 Å². The zero-order valence-corrected chi connectivity index (χ0v) is 20.5. The summed E-state index contributed by atoms with van der Waals surface area (Å²) in [5, 5.41) is 10.2. The Morgan fingerprint density at radius 1 is 1.15 bits per heavy atom. The lowest BCUT2D eigenvalue weighted by molar-refractivity contribution is -0.173. The lowest BCUT2D eigenvalue weighted by Gasteiger charge is -2.35. The van der Waals surface area contributed by atoms with E-state index in [1.807, 2.05) is 44.2 Å². The molecule has 2 atom stereocenters. The fourth-order valence-electron chi connectivity index (χ4n) is 4.61. The van der Waals surface area contributed by atoms with E-state index in [9.17, 15) is 18.0 Å². The van der Waals surface area contributed by atoms with E-state index < -0.39 is 29.7 Å². The van der Waals surface area contributed by atoms with Crippen molar-refractivity contribution in [3.8, 4) is 0 Å². The summed E-state index contributed by atoms with van der Waals surface area (Å²) in [7, 11) is 0. The highest BCUT2D eigenvalue weighted by atomic mass is 79.9. The summed E-state index contributed by atoms with van der Waals surface area (Å²) in [5.74, 6) is -0.387. The second kappa shape index (κ2) is 9.44. The second-order valence-corrected chi connectivity index (χ2v) is 9.42. The summed E-state index contributed by atoms with van der Waals surface area (Å²) in [6.45, 7) is 3.95. The number of benzene rings is 2. The molecule has 0 spiro atoms. The van der Waals surface area contributed by atoms with Crippen LogP contribution in [-0.2, 0) is 5.54 Å². The van der Waals surface area contributed by atoms with Gasteiger partial charge in [0.1, 0.15) is 11.4 Å². The summed E-state index contributed by atoms with van der Waals surface area (Å²) in [6, 6.07) is 14.2. The monoisotopic (exact) mass is 534 g/mol. The standard InChI is InChI=1S/C25H26BrF3N4O/c1-3-24(4-2,17-11-8-12-18(26)13-17)32-23(34)19-15-30-33-21(25(27,28)29)14-20(31-22(19)33)16-9-6-5-7-10-16/h5-13,15,20-21,31H,3-4,14H2,1-2H3,(H,32,34). The fraction of sp³-hybridized carbons (Fsp3) is 0.360. The molecule has 4 rings (SSSR count). The van der Waals surface area contributed by atoms with Gasteiger partial charge >= 0.3 is 6.18 Å². The number of rotatable bonds is 6. The van der Waals surface area contributed by atoms with Crippen molar-refractivity contribution in [1.29, 1.82) is 0 Å². The van der Waals surface area contributed by atoms with Crippen LogP contribution in [0.3, 0.4) is 0 Å². The van der Waals surface area contributed by atoms with E-state index in [1.54, 1.807) is 24.3 Å². The molecule has 0 bridgehead atoms. The van der Waals surface area contributed by atoms with Crippen LogP contribution in [0.25, 0.3) is 0 Å². The van der Waals surface area contributed by atoms with E-state index in [0.29, 0.717) is 12.8 Å². The van der Waals surface area contributed by atoms with Gasteiger partial charge in [-0.2, -0.15) is 18.3 Å². The van der Waals surface area contributed by atoms with Crippen molar-refractivity contribution in [2.24, 2.45) is 0 Å². The van der Waals surface area contributed by atoms with Crippen LogP contribution >= 0.6 is 15.9 Å². The quantitative estimate of drug-likeness (QED) is 0.367. The number of anilines is 1. The van der Waals surface area contributed by atoms with Crippen LogP contribution in [0.5, 0.6) is 0 Å². The molecule has 2 N–H and O–H groups in total. The number of halogens is 4. The Balaban J connectivity index is 1.71. The Bertz CT molecular complexity index is 1160. The average Bonchev–Trinajstić information content (AvgIpc) is 3.26. The molecule has 180 valence electrons. The Morgan fingerprint density at radius 3 is 2.47 bits per heavy atom. The van der Waals surface area contributed by atoms with Gasteiger partial charge in [-0.15, -0.1) is 0 Å². The topological polar surface area (TPSA) is 59.0 Å². The number of nitrogens with zero attached hydrogens (tertiary/aromatic N) is 2. The number of carbonyl (C=O) groups excluding carboxylic acids is 1. The predicted octanol–water partition coefficient (Wildman–Crippen LogP) is 6.75. The molecule has 1 aromatic heterocycles. The maximum atomic E-state index is 14.0. The molecule has 34 heavy (non-hydrogen) atoms. The molecular weight excluding hydrogens is 509 g/mol. The van der Waals surface area contributed by atoms with E-state index in [1.165, 1.54) is 6.20 Å². The van der Waals surface area contributed by atoms with Gasteiger partial charge in [-0.1, -0.05) is 72.2 Å². The smallest absolute Gasteiger partial charge is 0.363 e. The molecule has 0 radical (unpaired) electrons. The zero-order chi connectivity index (χ0) is 24.5. The molecule has 1 amide bonds. The first-order valence-corrected chi connectivity index (χ1v) is 12.0. The second-order valence-electron chi connectivity index (χ2n) is 8.51. The normalized spacial score (nSPS) is 18.2. The third-order valence-electron chi connectivity index (χ3n) is 6.62. The molecule has 0 saturated carbocycles. The summed E-state index contributed by atoms with van der Waals surface area (Å²) in [5.41, 5.74) is 1.06. The van der Waals surface area contributed by atoms with Crippen LogP contribution in [0.2, 0.25) is 0 Å². The molecule has 5 nitrogen and oxygen atoms in total. The van der Waals surface area contributed by atoms with Crippen LogP contribution in [0, 0.1) is 0 Å². The summed E-state index contributed by atoms with van der Waals surface area (Å²) >= 11 is 3.48. The maximum absolute atomic E-state index is 14.0. The predicted molar refractivity (Wildman–Crippen MR) is 129 cm³/mol. The Kier molecular flexibility index (Phi) is 6.75. The van der Waals surface area contributed by atoms with Gasteiger partial charge in [-0.3, -0.25) is 4.79 Å². The highest BCUT2D eigenvalue weighted by molar-refractivity contribution is 9.10. The molecule has 3 aromatic rings. The van der Waals surface area contributed by atoms with Gasteiger partial charge in [0.05, 0.1) is 17.8 Å². The third-order valence-corrected chi connectivity index (χ3v) is 7.12. The van der Waals surface area contributed by atoms with Gasteiger partial charge in [-0.05, 0) is 36.1 Å². The third kappa shape index (κ3) is 4.58. The number of hydrogen-bond donors (Lipinski definition) is 2. The molecule has 0 aliphatic carbocycles. The number of alkyl halides is 3. The Morgan fingerprint density at radius 2 is 1.85 bits per heavy atom. The fourth-order valence-corrected chi connectivity index (χ4v) is 5.01. The van der Waals surface area contributed by atoms with E-state index in [2.05, 4.69) is 31.7 Å². The zero-order valence-electron chi connectivity index (χ0n) is 18.9. The molecular formula is C25H26BrF3N4O. The molecule has 0 saturated heterocycles. The summed E-state index contributed by atoms with van der Waals surface area (Å²) in [6.07, 6.45) is -2.27. The molecule has 1 aliphatic heterocycles. The number of carbonyl (C=O) groups is 1. The van der Waals surface area contributed by atoms with Crippen LogP contribution in [0.15, 0.2) is 65.3 Å². The molecule has 2 aromatic carbocycles. The van der Waals surface area contributed by atoms with E-state index >= 15 is 0 Å². The van der Waals surface area contributed by atoms with Crippen LogP contribution < -0.4 is 10.6 Å². The largest absolute Gasteiger partial charge is 0.410 e. The molecule has 2 heterocycles. The van der Waals surface area contributed by atoms with Crippen molar-refractivity contribution in [3.63, 3.8) is 0 Å². The van der Waals surface area contributed by atoms with E-state index in [-0.39, 0.29) is 17.8 Å². The van der Waals surface area contributed by atoms with Crippen molar-refractivity contribution in [1.82, 2.24) is 15.1 Å². The first kappa shape index (κ1) is 24.3. The number of hydrogen-bond acceptors (Lipinski definition) is 3. The minimum Gasteiger partial charge on any atom is -0.363 e. The van der Waals surface area contributed by atoms with Crippen LogP contribution in [-0.4, -0.2) is 21.9 Å². The molecule has 0 fully saturated rings. The number of aromatic nitrogens is 2. The van der Waals surface area contributed by atoms with E-state index in [4.69, 9.17) is 0 Å². The van der Waals surface area contributed by atoms with Gasteiger partial charge < -0.3 is 10.6 Å². The lowest BCUT2D eigenvalue weighted by Crippen LogP contribution is -2.45. The van der Waals surface area contributed by atoms with E-state index in [0.717, 1.165) is 20.3 Å². The van der Waals surface area contributed by atoms with Crippen molar-refractivity contribution in [2.75, 3.05) is 5.32 Å². The molecule has 9 heteroatoms. The average molecular weight is 535 g/mol. The first-order chi connectivity index (χ1) is 16.2. The van der Waals surface area contributed by atoms with Crippen molar-refractivity contribution >= 4 is 27.7 Å². The lowest BCUT2D eigenvalue weighted by atomic mass is 9.84. The van der Waals surface area contributed by atoms with Gasteiger partial charge in [0.25, 0.3) is 5.91 Å². The minimum atomic E-state index is -4.50. The number of nitrogens with one attached hydrogen (secondary N) is 2. The van der Waals surface area contributed by atoms with Crippen LogP contribution in [0.1, 0.15) is 66.7 Å². The van der Waals surface area contributed by atoms with Gasteiger partial charge in [0.15, 0.2) is 6.04 Å². The summed E-state index contributed by atoms with van der Waals surface area (Å²) in [4.78, 5) is 13.5. The minimum absolute atomic E-state index is 0.0790. The van der Waals surface area contributed by atoms with Gasteiger partial charge in [0, 0.05) is 10.9 Å². The highest BCUT2D eigenvalue weighted by Gasteiger charge is 2.47. The number of amides is 1. The summed E-state index contributed by atoms with van der Waals surface area (Å²) < 4.78 is 43.7. The molecule has 2 unspecified atom stereocenters. The number of fused-ring (bicyclic) bond motifs is 1. The van der Waals surface area contributed by atoms with Crippen molar-refractivity contribution in [2.45, 2.75) is 56.9 Å². The first-order valence-electron chi connectivity index (χ1n) is 11.2. The molecule has 1 aliphatic rings. The van der Waals surface area contributed by atoms with Gasteiger partial charge in [-0.25, -0.2) is 4.68 Å². The Labute approximate surface area is 204 Å². The maximum Gasteiger partial charge on any atom is 0.410 e. The van der Waals surface area contributed by atoms with Crippen molar-refractivity contribution in [3.05, 3.63) is 82.0 Å². The Hall–Kier alpha value is -2.81. The SMILES string of the molecule is CCC(CC)(NC(=O)c1cnn2c1NC(c1ccccc1)CC2C(F)(F)F)c1cccc(Br)c1.